The fourth-order valence-electron chi connectivity index (χ4n) is 3.60. The summed E-state index contributed by atoms with van der Waals surface area (Å²) in [6, 6.07) is 15.6. The van der Waals surface area contributed by atoms with E-state index in [1.54, 1.807) is 6.20 Å². The average molecular weight is 376 g/mol. The molecule has 0 radical (unpaired) electrons. The quantitative estimate of drug-likeness (QED) is 0.739. The van der Waals surface area contributed by atoms with Gasteiger partial charge >= 0.3 is 0 Å². The number of hydrogen-bond acceptors (Lipinski definition) is 4. The minimum atomic E-state index is 0.0104. The van der Waals surface area contributed by atoms with Crippen LogP contribution in [0.2, 0.25) is 0 Å². The van der Waals surface area contributed by atoms with E-state index >= 15 is 0 Å². The fraction of sp³-hybridized carbons (Fsp3) is 0.318. The first-order chi connectivity index (χ1) is 13.7. The van der Waals surface area contributed by atoms with Crippen molar-refractivity contribution in [3.63, 3.8) is 0 Å². The topological polar surface area (TPSA) is 71.1 Å². The molecule has 1 saturated heterocycles. The average Bonchev–Trinajstić information content (AvgIpc) is 3.14. The molecule has 144 valence electrons. The van der Waals surface area contributed by atoms with Gasteiger partial charge in [-0.05, 0) is 31.9 Å². The van der Waals surface area contributed by atoms with E-state index in [0.29, 0.717) is 24.4 Å². The maximum absolute atomic E-state index is 13.3. The molecule has 1 fully saturated rings. The lowest BCUT2D eigenvalue weighted by Gasteiger charge is -2.32. The molecule has 1 aliphatic rings. The summed E-state index contributed by atoms with van der Waals surface area (Å²) >= 11 is 0. The number of piperidine rings is 1. The zero-order valence-corrected chi connectivity index (χ0v) is 16.0. The highest BCUT2D eigenvalue weighted by Crippen LogP contribution is 2.26. The molecule has 0 saturated carbocycles. The van der Waals surface area contributed by atoms with Crippen molar-refractivity contribution in [1.29, 1.82) is 0 Å². The molecule has 6 nitrogen and oxygen atoms in total. The lowest BCUT2D eigenvalue weighted by Crippen LogP contribution is -2.43. The number of aromatic amines is 1. The van der Waals surface area contributed by atoms with Gasteiger partial charge in [0.25, 0.3) is 5.91 Å². The van der Waals surface area contributed by atoms with Crippen molar-refractivity contribution in [2.75, 3.05) is 13.1 Å². The van der Waals surface area contributed by atoms with Crippen LogP contribution in [0.1, 0.15) is 34.6 Å². The standard InChI is InChI=1S/C22H24N4O2/c1-16-20(21(25-24-16)17-8-3-2-4-9-17)22(27)26-13-7-11-19(14-26)28-15-18-10-5-6-12-23-18/h2-6,8-10,12,19H,7,11,13-15H2,1H3,(H,24,25). The number of aryl methyl sites for hydroxylation is 1. The van der Waals surface area contributed by atoms with Crippen molar-refractivity contribution >= 4 is 5.91 Å². The van der Waals surface area contributed by atoms with Crippen LogP contribution in [0.3, 0.4) is 0 Å². The maximum Gasteiger partial charge on any atom is 0.258 e. The summed E-state index contributed by atoms with van der Waals surface area (Å²) in [5, 5.41) is 7.36. The number of nitrogens with one attached hydrogen (secondary N) is 1. The van der Waals surface area contributed by atoms with Gasteiger partial charge in [0, 0.05) is 30.5 Å². The number of pyridine rings is 1. The molecule has 1 aromatic carbocycles. The minimum Gasteiger partial charge on any atom is -0.370 e. The second kappa shape index (κ2) is 8.35. The van der Waals surface area contributed by atoms with E-state index in [2.05, 4.69) is 15.2 Å². The second-order valence-corrected chi connectivity index (χ2v) is 7.09. The third-order valence-corrected chi connectivity index (χ3v) is 5.07. The fourth-order valence-corrected chi connectivity index (χ4v) is 3.60. The highest BCUT2D eigenvalue weighted by molar-refractivity contribution is 6.01. The highest BCUT2D eigenvalue weighted by Gasteiger charge is 2.29. The van der Waals surface area contributed by atoms with Gasteiger partial charge in [0.1, 0.15) is 5.69 Å². The normalized spacial score (nSPS) is 16.9. The molecule has 28 heavy (non-hydrogen) atoms. The maximum atomic E-state index is 13.3. The predicted octanol–water partition coefficient (Wildman–Crippen LogP) is 3.60. The summed E-state index contributed by atoms with van der Waals surface area (Å²) in [6.07, 6.45) is 3.66. The van der Waals surface area contributed by atoms with Crippen molar-refractivity contribution in [3.8, 4) is 11.3 Å². The van der Waals surface area contributed by atoms with Gasteiger partial charge < -0.3 is 9.64 Å². The number of hydrogen-bond donors (Lipinski definition) is 1. The van der Waals surface area contributed by atoms with Gasteiger partial charge in [0.15, 0.2) is 0 Å². The molecule has 4 rings (SSSR count). The third-order valence-electron chi connectivity index (χ3n) is 5.07. The summed E-state index contributed by atoms with van der Waals surface area (Å²) in [7, 11) is 0. The molecule has 1 amide bonds. The minimum absolute atomic E-state index is 0.0104. The van der Waals surface area contributed by atoms with E-state index in [1.165, 1.54) is 0 Å². The summed E-state index contributed by atoms with van der Waals surface area (Å²) in [6.45, 7) is 3.69. The van der Waals surface area contributed by atoms with E-state index in [-0.39, 0.29) is 12.0 Å². The number of rotatable bonds is 5. The van der Waals surface area contributed by atoms with Crippen molar-refractivity contribution in [2.45, 2.75) is 32.5 Å². The van der Waals surface area contributed by atoms with Crippen LogP contribution in [-0.4, -0.2) is 45.2 Å². The number of ether oxygens (including phenoxy) is 1. The number of amides is 1. The number of nitrogens with zero attached hydrogens (tertiary/aromatic N) is 3. The van der Waals surface area contributed by atoms with Gasteiger partial charge in [0.05, 0.1) is 24.0 Å². The van der Waals surface area contributed by atoms with Crippen LogP contribution in [0.15, 0.2) is 54.7 Å². The van der Waals surface area contributed by atoms with Gasteiger partial charge in [-0.25, -0.2) is 0 Å². The Morgan fingerprint density at radius 1 is 1.21 bits per heavy atom. The number of aromatic nitrogens is 3. The first-order valence-corrected chi connectivity index (χ1v) is 9.63. The van der Waals surface area contributed by atoms with Crippen LogP contribution in [0, 0.1) is 6.92 Å². The molecule has 1 unspecified atom stereocenters. The number of carbonyl (C=O) groups excluding carboxylic acids is 1. The Morgan fingerprint density at radius 3 is 2.82 bits per heavy atom. The predicted molar refractivity (Wildman–Crippen MR) is 107 cm³/mol. The van der Waals surface area contributed by atoms with Crippen molar-refractivity contribution in [1.82, 2.24) is 20.1 Å². The van der Waals surface area contributed by atoms with Crippen LogP contribution >= 0.6 is 0 Å². The molecule has 0 aliphatic carbocycles. The van der Waals surface area contributed by atoms with Crippen LogP contribution in [0.4, 0.5) is 0 Å². The first-order valence-electron chi connectivity index (χ1n) is 9.63. The highest BCUT2D eigenvalue weighted by atomic mass is 16.5. The number of carbonyl (C=O) groups is 1. The van der Waals surface area contributed by atoms with Gasteiger partial charge in [0.2, 0.25) is 0 Å². The Bertz CT molecular complexity index is 924. The van der Waals surface area contributed by atoms with Gasteiger partial charge in [-0.1, -0.05) is 36.4 Å². The van der Waals surface area contributed by atoms with Crippen molar-refractivity contribution < 1.29 is 9.53 Å². The third kappa shape index (κ3) is 3.97. The molecule has 0 spiro atoms. The Hall–Kier alpha value is -2.99. The van der Waals surface area contributed by atoms with Gasteiger partial charge in [-0.2, -0.15) is 5.10 Å². The Balaban J connectivity index is 1.47. The zero-order valence-electron chi connectivity index (χ0n) is 16.0. The Kier molecular flexibility index (Phi) is 5.48. The molecule has 1 aliphatic heterocycles. The molecule has 1 N–H and O–H groups in total. The van der Waals surface area contributed by atoms with E-state index < -0.39 is 0 Å². The van der Waals surface area contributed by atoms with Crippen molar-refractivity contribution in [3.05, 3.63) is 71.7 Å². The monoisotopic (exact) mass is 376 g/mol. The zero-order chi connectivity index (χ0) is 19.3. The van der Waals surface area contributed by atoms with Gasteiger partial charge in [-0.3, -0.25) is 14.9 Å². The van der Waals surface area contributed by atoms with E-state index in [1.807, 2.05) is 60.4 Å². The smallest absolute Gasteiger partial charge is 0.258 e. The van der Waals surface area contributed by atoms with Crippen LogP contribution in [0.25, 0.3) is 11.3 Å². The molecule has 1 atom stereocenters. The summed E-state index contributed by atoms with van der Waals surface area (Å²) in [5.41, 5.74) is 4.00. The molecule has 0 bridgehead atoms. The van der Waals surface area contributed by atoms with Crippen LogP contribution in [0.5, 0.6) is 0 Å². The Labute approximate surface area is 164 Å². The van der Waals surface area contributed by atoms with Crippen molar-refractivity contribution in [2.24, 2.45) is 0 Å². The molecule has 2 aromatic heterocycles. The summed E-state index contributed by atoms with van der Waals surface area (Å²) in [4.78, 5) is 19.5. The van der Waals surface area contributed by atoms with Gasteiger partial charge in [-0.15, -0.1) is 0 Å². The van der Waals surface area contributed by atoms with E-state index in [0.717, 1.165) is 36.3 Å². The largest absolute Gasteiger partial charge is 0.370 e. The van der Waals surface area contributed by atoms with E-state index in [4.69, 9.17) is 4.74 Å². The van der Waals surface area contributed by atoms with Crippen LogP contribution in [-0.2, 0) is 11.3 Å². The van der Waals surface area contributed by atoms with E-state index in [9.17, 15) is 4.79 Å². The SMILES string of the molecule is Cc1[nH]nc(-c2ccccc2)c1C(=O)N1CCCC(OCc2ccccn2)C1. The number of H-pyrrole nitrogens is 1. The molecule has 3 aromatic rings. The lowest BCUT2D eigenvalue weighted by molar-refractivity contribution is -0.00785. The molecule has 3 heterocycles. The molecular weight excluding hydrogens is 352 g/mol. The number of benzene rings is 1. The summed E-state index contributed by atoms with van der Waals surface area (Å²) in [5.74, 6) is 0.0104. The Morgan fingerprint density at radius 2 is 2.04 bits per heavy atom. The first kappa shape index (κ1) is 18.4. The lowest BCUT2D eigenvalue weighted by atomic mass is 10.0. The molecular formula is C22H24N4O2. The number of likely N-dealkylation sites (tertiary alicyclic amines) is 1. The molecule has 6 heteroatoms. The summed E-state index contributed by atoms with van der Waals surface area (Å²) < 4.78 is 6.03. The van der Waals surface area contributed by atoms with Crippen LogP contribution < -0.4 is 0 Å². The second-order valence-electron chi connectivity index (χ2n) is 7.09.